The molecular weight excluding hydrogens is 1180 g/mol. The molecule has 0 unspecified atom stereocenters. The van der Waals surface area contributed by atoms with E-state index in [0.717, 1.165) is 118 Å². The molecule has 0 spiro atoms. The lowest BCUT2D eigenvalue weighted by atomic mass is 10.0. The maximum absolute atomic E-state index is 6.76. The Morgan fingerprint density at radius 2 is 0.427 bits per heavy atom. The second-order valence-electron chi connectivity index (χ2n) is 28.0. The van der Waals surface area contributed by atoms with Crippen LogP contribution < -0.4 is 28.4 Å². The summed E-state index contributed by atoms with van der Waals surface area (Å²) in [5.41, 5.74) is 7.97. The first-order valence-electron chi connectivity index (χ1n) is 40.7. The summed E-state index contributed by atoms with van der Waals surface area (Å²) in [5.74, 6) is 4.61. The zero-order valence-electron chi connectivity index (χ0n) is 62.6. The van der Waals surface area contributed by atoms with Gasteiger partial charge in [0.2, 0.25) is 11.5 Å². The highest BCUT2D eigenvalue weighted by molar-refractivity contribution is 5.76. The zero-order valence-corrected chi connectivity index (χ0v) is 62.6. The van der Waals surface area contributed by atoms with Crippen molar-refractivity contribution in [2.45, 2.75) is 350 Å². The first-order valence-corrected chi connectivity index (χ1v) is 40.7. The molecule has 0 aliphatic rings. The largest absolute Gasteiger partial charge is 0.490 e. The molecule has 3 aromatic carbocycles. The molecule has 8 nitrogen and oxygen atoms in total. The van der Waals surface area contributed by atoms with Crippen LogP contribution in [0.15, 0.2) is 85.2 Å². The molecule has 0 saturated carbocycles. The van der Waals surface area contributed by atoms with Gasteiger partial charge in [0, 0.05) is 34.6 Å². The number of ether oxygens (including phenoxy) is 6. The number of nitrogens with zero attached hydrogens (tertiary/aromatic N) is 2. The molecule has 8 heteroatoms. The van der Waals surface area contributed by atoms with Gasteiger partial charge in [0.1, 0.15) is 0 Å². The molecule has 0 aliphatic carbocycles. The van der Waals surface area contributed by atoms with Gasteiger partial charge in [-0.1, -0.05) is 342 Å². The average Bonchev–Trinajstić information content (AvgIpc) is 0.823. The highest BCUT2D eigenvalue weighted by Gasteiger charge is 2.20. The van der Waals surface area contributed by atoms with E-state index in [1.54, 1.807) is 0 Å². The summed E-state index contributed by atoms with van der Waals surface area (Å²) in [6, 6.07) is 26.0. The van der Waals surface area contributed by atoms with Gasteiger partial charge < -0.3 is 28.4 Å². The summed E-state index contributed by atoms with van der Waals surface area (Å²) in [7, 11) is 0. The lowest BCUT2D eigenvalue weighted by Crippen LogP contribution is -2.07. The minimum atomic E-state index is 0.653. The van der Waals surface area contributed by atoms with Crippen molar-refractivity contribution in [2.75, 3.05) is 39.6 Å². The number of hydrogen-bond acceptors (Lipinski definition) is 8. The van der Waals surface area contributed by atoms with Crippen LogP contribution in [0.1, 0.15) is 350 Å². The van der Waals surface area contributed by atoms with Gasteiger partial charge in [-0.15, -0.1) is 0 Å². The highest BCUT2D eigenvalue weighted by atomic mass is 16.5. The van der Waals surface area contributed by atoms with Crippen molar-refractivity contribution in [3.05, 3.63) is 85.2 Å². The quantitative estimate of drug-likeness (QED) is 0.0356. The van der Waals surface area contributed by atoms with Gasteiger partial charge in [0.05, 0.1) is 51.0 Å². The minimum Gasteiger partial charge on any atom is -0.490 e. The summed E-state index contributed by atoms with van der Waals surface area (Å²) in [6.45, 7) is 17.7. The van der Waals surface area contributed by atoms with E-state index in [9.17, 15) is 0 Å². The molecule has 2 heterocycles. The van der Waals surface area contributed by atoms with E-state index in [1.807, 2.05) is 12.4 Å². The van der Waals surface area contributed by atoms with Crippen LogP contribution in [0.25, 0.3) is 44.8 Å². The Hall–Kier alpha value is -5.24. The Bertz CT molecular complexity index is 2370. The molecule has 5 rings (SSSR count). The third kappa shape index (κ3) is 35.5. The van der Waals surface area contributed by atoms with Crippen molar-refractivity contribution in [3.8, 4) is 79.3 Å². The van der Waals surface area contributed by atoms with E-state index >= 15 is 0 Å². The molecular formula is C88H140N2O6. The molecule has 538 valence electrons. The predicted octanol–water partition coefficient (Wildman–Crippen LogP) is 28.3. The minimum absolute atomic E-state index is 0.653. The van der Waals surface area contributed by atoms with Crippen LogP contribution in [0.2, 0.25) is 0 Å². The first kappa shape index (κ1) is 81.4. The molecule has 0 saturated heterocycles. The number of benzene rings is 3. The van der Waals surface area contributed by atoms with Crippen LogP contribution in [0.4, 0.5) is 0 Å². The lowest BCUT2D eigenvalue weighted by Gasteiger charge is -2.19. The van der Waals surface area contributed by atoms with E-state index < -0.39 is 0 Å². The van der Waals surface area contributed by atoms with Gasteiger partial charge in [0.15, 0.2) is 23.0 Å². The zero-order chi connectivity index (χ0) is 67.8. The number of unbranched alkanes of at least 4 members (excludes halogenated alkanes) is 42. The Morgan fingerprint density at radius 1 is 0.208 bits per heavy atom. The van der Waals surface area contributed by atoms with E-state index in [0.29, 0.717) is 39.6 Å². The molecule has 0 aliphatic heterocycles. The second kappa shape index (κ2) is 55.6. The van der Waals surface area contributed by atoms with Gasteiger partial charge in [-0.05, 0) is 92.1 Å². The molecule has 0 atom stereocenters. The third-order valence-electron chi connectivity index (χ3n) is 19.2. The van der Waals surface area contributed by atoms with Crippen LogP contribution in [0.3, 0.4) is 0 Å². The molecule has 0 bridgehead atoms. The third-order valence-corrected chi connectivity index (χ3v) is 19.2. The maximum Gasteiger partial charge on any atom is 0.203 e. The fourth-order valence-corrected chi connectivity index (χ4v) is 13.0. The highest BCUT2D eigenvalue weighted by Crippen LogP contribution is 2.45. The van der Waals surface area contributed by atoms with E-state index in [1.165, 1.54) is 270 Å². The van der Waals surface area contributed by atoms with Crippen LogP contribution in [-0.4, -0.2) is 49.6 Å². The van der Waals surface area contributed by atoms with Gasteiger partial charge in [-0.25, -0.2) is 0 Å². The Kier molecular flexibility index (Phi) is 47.2. The van der Waals surface area contributed by atoms with Crippen LogP contribution in [0.5, 0.6) is 34.5 Å². The fraction of sp³-hybridized carbons (Fsp3) is 0.682. The van der Waals surface area contributed by atoms with Crippen molar-refractivity contribution in [1.82, 2.24) is 9.97 Å². The predicted molar refractivity (Wildman–Crippen MR) is 412 cm³/mol. The van der Waals surface area contributed by atoms with Crippen molar-refractivity contribution in [2.24, 2.45) is 0 Å². The molecule has 0 N–H and O–H groups in total. The normalized spacial score (nSPS) is 11.4. The monoisotopic (exact) mass is 1320 g/mol. The van der Waals surface area contributed by atoms with Crippen molar-refractivity contribution in [1.29, 1.82) is 0 Å². The van der Waals surface area contributed by atoms with Gasteiger partial charge in [-0.2, -0.15) is 0 Å². The summed E-state index contributed by atoms with van der Waals surface area (Å²) in [6.07, 6.45) is 64.3. The topological polar surface area (TPSA) is 81.2 Å². The van der Waals surface area contributed by atoms with Crippen molar-refractivity contribution < 1.29 is 28.4 Å². The van der Waals surface area contributed by atoms with Crippen LogP contribution >= 0.6 is 0 Å². The van der Waals surface area contributed by atoms with Gasteiger partial charge >= 0.3 is 0 Å². The van der Waals surface area contributed by atoms with Gasteiger partial charge in [-0.3, -0.25) is 9.97 Å². The van der Waals surface area contributed by atoms with E-state index in [4.69, 9.17) is 38.4 Å². The average molecular weight is 1320 g/mol. The van der Waals surface area contributed by atoms with Crippen molar-refractivity contribution >= 4 is 0 Å². The SMILES string of the molecule is CCCCCCCCCCOc1cc(-c2ccc(-c3cccc(-c4ccc(-c5cc(OCCCCCCCCCC)c(OCCCCCCCCCC)c(OCCCCCCCCCC)c5)cn4)c3)nc2)cc(OCCCCCCCCCC)c1OCCCCCCCCCC. The lowest BCUT2D eigenvalue weighted by molar-refractivity contribution is 0.234. The molecule has 5 aromatic rings. The molecule has 0 fully saturated rings. The molecule has 0 radical (unpaired) electrons. The Balaban J connectivity index is 1.37. The summed E-state index contributed by atoms with van der Waals surface area (Å²) in [5, 5.41) is 0. The molecule has 2 aromatic heterocycles. The Labute approximate surface area is 589 Å². The molecule has 0 amide bonds. The van der Waals surface area contributed by atoms with Crippen LogP contribution in [0, 0.1) is 0 Å². The summed E-state index contributed by atoms with van der Waals surface area (Å²) >= 11 is 0. The van der Waals surface area contributed by atoms with Crippen molar-refractivity contribution in [3.63, 3.8) is 0 Å². The second-order valence-corrected chi connectivity index (χ2v) is 28.0. The number of rotatable bonds is 64. The Morgan fingerprint density at radius 3 is 0.646 bits per heavy atom. The maximum atomic E-state index is 6.76. The first-order chi connectivity index (χ1) is 47.5. The smallest absolute Gasteiger partial charge is 0.203 e. The number of pyridine rings is 2. The number of aromatic nitrogens is 2. The molecule has 96 heavy (non-hydrogen) atoms. The number of hydrogen-bond donors (Lipinski definition) is 0. The summed E-state index contributed by atoms with van der Waals surface area (Å²) < 4.78 is 40.5. The van der Waals surface area contributed by atoms with Gasteiger partial charge in [0.25, 0.3) is 0 Å². The standard InChI is InChI=1S/C88H140N2O6/c1-7-13-19-25-31-37-43-49-62-91-83-69-79(70-84(92-63-50-44-38-32-26-20-14-8-2)87(83)95-66-53-47-41-35-29-23-17-11-5)77-58-60-81(89-73-77)75-56-55-57-76(68-75)82-61-59-78(74-90-82)80-71-85(93-64-51-45-39-33-27-21-15-9-3)88(96-67-54-48-42-36-30-24-18-12-6)86(72-80)94-65-52-46-40-34-28-22-16-10-4/h55-61,68-74H,7-54,62-67H2,1-6H3. The van der Waals surface area contributed by atoms with E-state index in [-0.39, 0.29) is 0 Å². The summed E-state index contributed by atoms with van der Waals surface area (Å²) in [4.78, 5) is 10.3. The van der Waals surface area contributed by atoms with E-state index in [2.05, 4.69) is 114 Å². The van der Waals surface area contributed by atoms with Crippen LogP contribution in [-0.2, 0) is 0 Å². The fourth-order valence-electron chi connectivity index (χ4n) is 13.0.